The molecule has 6 heteroatoms. The second-order valence-electron chi connectivity index (χ2n) is 4.12. The first-order valence-corrected chi connectivity index (χ1v) is 7.38. The molecule has 0 radical (unpaired) electrons. The Morgan fingerprint density at radius 3 is 1.95 bits per heavy atom. The van der Waals surface area contributed by atoms with Crippen LogP contribution < -0.4 is 0 Å². The first-order chi connectivity index (χ1) is 9.47. The molecule has 0 amide bonds. The molecule has 0 aliphatic rings. The van der Waals surface area contributed by atoms with Gasteiger partial charge in [0.05, 0.1) is 0 Å². The minimum atomic E-state index is -4.78. The van der Waals surface area contributed by atoms with Gasteiger partial charge in [-0.15, -0.1) is 0 Å². The van der Waals surface area contributed by atoms with Gasteiger partial charge < -0.3 is 9.79 Å². The molecule has 1 atom stereocenters. The minimum Gasteiger partial charge on any atom is -0.303 e. The Hall–Kier alpha value is -1.78. The van der Waals surface area contributed by atoms with Crippen LogP contribution in [0.2, 0.25) is 0 Å². The zero-order valence-electron chi connectivity index (χ0n) is 10.4. The molecule has 0 spiro atoms. The van der Waals surface area contributed by atoms with Crippen molar-refractivity contribution in [2.24, 2.45) is 0 Å². The Balaban J connectivity index is 2.37. The van der Waals surface area contributed by atoms with Crippen LogP contribution in [0.15, 0.2) is 60.7 Å². The van der Waals surface area contributed by atoms with E-state index in [9.17, 15) is 9.36 Å². The number of rotatable bonds is 5. The van der Waals surface area contributed by atoms with E-state index in [0.717, 1.165) is 0 Å². The van der Waals surface area contributed by atoms with E-state index in [4.69, 9.17) is 9.79 Å². The average molecular weight is 292 g/mol. The fourth-order valence-corrected chi connectivity index (χ4v) is 2.27. The van der Waals surface area contributed by atoms with Gasteiger partial charge in [-0.1, -0.05) is 60.7 Å². The number of hydrogen-bond donors (Lipinski definition) is 2. The molecular formula is C14H13O5P. The molecule has 2 N–H and O–H groups in total. The number of phosphoric ester groups is 1. The Morgan fingerprint density at radius 2 is 1.45 bits per heavy atom. The molecule has 0 aliphatic carbocycles. The van der Waals surface area contributed by atoms with E-state index in [1.54, 1.807) is 60.7 Å². The smallest absolute Gasteiger partial charge is 0.303 e. The van der Waals surface area contributed by atoms with Crippen LogP contribution in [-0.2, 0) is 9.09 Å². The average Bonchev–Trinajstić information content (AvgIpc) is 2.45. The standard InChI is InChI=1S/C14H13O5P/c15-13(11-7-3-1-4-8-11)14(19-20(16,17)18)12-9-5-2-6-10-12/h1-10,14H,(H2,16,17,18)/t14-/m0/s1. The maximum atomic E-state index is 12.4. The molecule has 5 nitrogen and oxygen atoms in total. The Bertz CT molecular complexity index is 621. The highest BCUT2D eigenvalue weighted by Gasteiger charge is 2.30. The van der Waals surface area contributed by atoms with Crippen LogP contribution in [0.25, 0.3) is 0 Å². The van der Waals surface area contributed by atoms with E-state index in [-0.39, 0.29) is 0 Å². The van der Waals surface area contributed by atoms with Crippen LogP contribution >= 0.6 is 7.82 Å². The van der Waals surface area contributed by atoms with E-state index in [1.807, 2.05) is 0 Å². The van der Waals surface area contributed by atoms with Gasteiger partial charge in [-0.05, 0) is 5.56 Å². The van der Waals surface area contributed by atoms with Crippen molar-refractivity contribution in [2.75, 3.05) is 0 Å². The number of Topliss-reactive ketones (excluding diaryl/α,β-unsaturated/α-hetero) is 1. The summed E-state index contributed by atoms with van der Waals surface area (Å²) < 4.78 is 15.7. The molecule has 0 unspecified atom stereocenters. The van der Waals surface area contributed by atoms with Crippen LogP contribution in [0, 0.1) is 0 Å². The van der Waals surface area contributed by atoms with E-state index < -0.39 is 19.7 Å². The summed E-state index contributed by atoms with van der Waals surface area (Å²) in [5.41, 5.74) is 0.722. The lowest BCUT2D eigenvalue weighted by Gasteiger charge is -2.17. The van der Waals surface area contributed by atoms with Crippen molar-refractivity contribution in [3.63, 3.8) is 0 Å². The highest BCUT2D eigenvalue weighted by atomic mass is 31.2. The zero-order chi connectivity index (χ0) is 14.6. The summed E-state index contributed by atoms with van der Waals surface area (Å²) in [7, 11) is -4.78. The number of carbonyl (C=O) groups excluding carboxylic acids is 1. The highest BCUT2D eigenvalue weighted by molar-refractivity contribution is 7.46. The predicted molar refractivity (Wildman–Crippen MR) is 73.1 cm³/mol. The SMILES string of the molecule is O=C(c1ccccc1)[C@@H](OP(=O)(O)O)c1ccccc1. The number of carbonyl (C=O) groups is 1. The fourth-order valence-electron chi connectivity index (χ4n) is 1.78. The number of ketones is 1. The van der Waals surface area contributed by atoms with Crippen LogP contribution in [0.5, 0.6) is 0 Å². The molecule has 0 saturated heterocycles. The zero-order valence-corrected chi connectivity index (χ0v) is 11.3. The molecule has 0 aliphatic heterocycles. The molecule has 0 bridgehead atoms. The largest absolute Gasteiger partial charge is 0.470 e. The van der Waals surface area contributed by atoms with Gasteiger partial charge in [0.2, 0.25) is 0 Å². The van der Waals surface area contributed by atoms with Crippen LogP contribution in [0.4, 0.5) is 0 Å². The minimum absolute atomic E-state index is 0.329. The number of phosphoric acid groups is 1. The number of benzene rings is 2. The summed E-state index contributed by atoms with van der Waals surface area (Å²) in [6.45, 7) is 0. The van der Waals surface area contributed by atoms with Crippen molar-refractivity contribution in [1.29, 1.82) is 0 Å². The first-order valence-electron chi connectivity index (χ1n) is 5.85. The molecule has 20 heavy (non-hydrogen) atoms. The molecule has 0 aromatic heterocycles. The van der Waals surface area contributed by atoms with Crippen molar-refractivity contribution < 1.29 is 23.7 Å². The second-order valence-corrected chi connectivity index (χ2v) is 5.31. The molecule has 2 aromatic rings. The van der Waals surface area contributed by atoms with Gasteiger partial charge in [-0.2, -0.15) is 0 Å². The van der Waals surface area contributed by atoms with Crippen molar-refractivity contribution in [3.05, 3.63) is 71.8 Å². The lowest BCUT2D eigenvalue weighted by molar-refractivity contribution is 0.0711. The number of hydrogen-bond acceptors (Lipinski definition) is 3. The lowest BCUT2D eigenvalue weighted by atomic mass is 10.0. The van der Waals surface area contributed by atoms with E-state index in [1.165, 1.54) is 0 Å². The van der Waals surface area contributed by atoms with E-state index in [0.29, 0.717) is 11.1 Å². The molecule has 0 heterocycles. The maximum absolute atomic E-state index is 12.4. The third-order valence-corrected chi connectivity index (χ3v) is 3.13. The monoisotopic (exact) mass is 292 g/mol. The summed E-state index contributed by atoms with van der Waals surface area (Å²) >= 11 is 0. The van der Waals surface area contributed by atoms with Crippen molar-refractivity contribution in [3.8, 4) is 0 Å². The van der Waals surface area contributed by atoms with E-state index >= 15 is 0 Å². The van der Waals surface area contributed by atoms with Crippen molar-refractivity contribution in [1.82, 2.24) is 0 Å². The normalized spacial score (nSPS) is 12.9. The van der Waals surface area contributed by atoms with Gasteiger partial charge in [0.15, 0.2) is 11.9 Å². The van der Waals surface area contributed by atoms with Crippen LogP contribution in [-0.4, -0.2) is 15.6 Å². The summed E-state index contributed by atoms with van der Waals surface area (Å²) in [6.07, 6.45) is -1.33. The third kappa shape index (κ3) is 3.85. The third-order valence-electron chi connectivity index (χ3n) is 2.64. The molecule has 104 valence electrons. The Morgan fingerprint density at radius 1 is 0.950 bits per heavy atom. The van der Waals surface area contributed by atoms with Gasteiger partial charge in [0, 0.05) is 5.56 Å². The highest BCUT2D eigenvalue weighted by Crippen LogP contribution is 2.43. The van der Waals surface area contributed by atoms with Gasteiger partial charge in [0.1, 0.15) is 0 Å². The molecule has 0 saturated carbocycles. The van der Waals surface area contributed by atoms with Crippen molar-refractivity contribution >= 4 is 13.6 Å². The summed E-state index contributed by atoms with van der Waals surface area (Å²) in [4.78, 5) is 30.3. The van der Waals surface area contributed by atoms with E-state index in [2.05, 4.69) is 4.52 Å². The molecule has 2 rings (SSSR count). The fraction of sp³-hybridized carbons (Fsp3) is 0.0714. The first kappa shape index (κ1) is 14.6. The quantitative estimate of drug-likeness (QED) is 0.654. The van der Waals surface area contributed by atoms with Gasteiger partial charge in [0.25, 0.3) is 0 Å². The molecule has 0 fully saturated rings. The van der Waals surface area contributed by atoms with Crippen LogP contribution in [0.1, 0.15) is 22.0 Å². The summed E-state index contributed by atoms with van der Waals surface area (Å²) in [5, 5.41) is 0. The van der Waals surface area contributed by atoms with Gasteiger partial charge in [-0.25, -0.2) is 4.57 Å². The van der Waals surface area contributed by atoms with Gasteiger partial charge >= 0.3 is 7.82 Å². The topological polar surface area (TPSA) is 83.8 Å². The van der Waals surface area contributed by atoms with Crippen LogP contribution in [0.3, 0.4) is 0 Å². The molecule has 2 aromatic carbocycles. The predicted octanol–water partition coefficient (Wildman–Crippen LogP) is 2.72. The summed E-state index contributed by atoms with van der Waals surface area (Å²) in [5.74, 6) is -0.500. The lowest BCUT2D eigenvalue weighted by Crippen LogP contribution is -2.15. The second kappa shape index (κ2) is 6.11. The Kier molecular flexibility index (Phi) is 4.47. The molecular weight excluding hydrogens is 279 g/mol. The maximum Gasteiger partial charge on any atom is 0.470 e. The van der Waals surface area contributed by atoms with Crippen molar-refractivity contribution in [2.45, 2.75) is 6.10 Å². The summed E-state index contributed by atoms with van der Waals surface area (Å²) in [6, 6.07) is 16.5. The van der Waals surface area contributed by atoms with Gasteiger partial charge in [-0.3, -0.25) is 9.32 Å². The Labute approximate surface area is 116 Å².